The first-order chi connectivity index (χ1) is 9.48. The maximum Gasteiger partial charge on any atom is 0.124 e. The Labute approximate surface area is 128 Å². The summed E-state index contributed by atoms with van der Waals surface area (Å²) >= 11 is 3.68. The van der Waals surface area contributed by atoms with Gasteiger partial charge in [0.05, 0.1) is 0 Å². The first-order valence-electron chi connectivity index (χ1n) is 6.79. The monoisotopic (exact) mass is 331 g/mol. The van der Waals surface area contributed by atoms with E-state index in [-0.39, 0.29) is 5.60 Å². The average Bonchev–Trinajstić information content (AvgIpc) is 2.71. The molecule has 0 atom stereocenters. The highest BCUT2D eigenvalue weighted by Gasteiger charge is 2.30. The number of ether oxygens (including phenoxy) is 1. The highest BCUT2D eigenvalue weighted by molar-refractivity contribution is 9.10. The molecule has 2 aromatic rings. The molecule has 104 valence electrons. The number of rotatable bonds is 2. The topological polar surface area (TPSA) is 35.2 Å². The van der Waals surface area contributed by atoms with Gasteiger partial charge in [0, 0.05) is 17.4 Å². The Morgan fingerprint density at radius 2 is 1.90 bits per heavy atom. The zero-order chi connectivity index (χ0) is 14.3. The molecule has 2 nitrogen and oxygen atoms in total. The summed E-state index contributed by atoms with van der Waals surface area (Å²) in [6, 6.07) is 12.7. The molecule has 0 amide bonds. The van der Waals surface area contributed by atoms with Crippen LogP contribution >= 0.6 is 15.9 Å². The summed E-state index contributed by atoms with van der Waals surface area (Å²) in [4.78, 5) is 0. The summed E-state index contributed by atoms with van der Waals surface area (Å²) < 4.78 is 7.12. The van der Waals surface area contributed by atoms with E-state index in [1.165, 1.54) is 11.1 Å². The summed E-state index contributed by atoms with van der Waals surface area (Å²) in [5.41, 5.74) is 10.3. The minimum absolute atomic E-state index is 0.107. The molecule has 0 spiro atoms. The quantitative estimate of drug-likeness (QED) is 0.890. The van der Waals surface area contributed by atoms with Crippen molar-refractivity contribution >= 4 is 15.9 Å². The zero-order valence-electron chi connectivity index (χ0n) is 11.7. The van der Waals surface area contributed by atoms with Gasteiger partial charge in [-0.3, -0.25) is 0 Å². The second kappa shape index (κ2) is 4.90. The maximum absolute atomic E-state index is 6.02. The Bertz CT molecular complexity index is 647. The summed E-state index contributed by atoms with van der Waals surface area (Å²) in [7, 11) is 0. The van der Waals surface area contributed by atoms with Crippen LogP contribution in [-0.4, -0.2) is 5.60 Å². The van der Waals surface area contributed by atoms with Crippen molar-refractivity contribution in [2.75, 3.05) is 0 Å². The Morgan fingerprint density at radius 1 is 1.20 bits per heavy atom. The van der Waals surface area contributed by atoms with E-state index in [4.69, 9.17) is 10.5 Å². The van der Waals surface area contributed by atoms with Crippen molar-refractivity contribution in [1.29, 1.82) is 0 Å². The van der Waals surface area contributed by atoms with Gasteiger partial charge in [-0.25, -0.2) is 0 Å². The molecule has 0 aromatic heterocycles. The van der Waals surface area contributed by atoms with Crippen molar-refractivity contribution in [2.45, 2.75) is 32.4 Å². The molecule has 20 heavy (non-hydrogen) atoms. The van der Waals surface area contributed by atoms with Gasteiger partial charge in [-0.1, -0.05) is 40.2 Å². The third-order valence-electron chi connectivity index (χ3n) is 3.65. The lowest BCUT2D eigenvalue weighted by molar-refractivity contribution is 0.138. The van der Waals surface area contributed by atoms with E-state index in [1.807, 2.05) is 0 Å². The molecule has 0 radical (unpaired) electrons. The van der Waals surface area contributed by atoms with Crippen LogP contribution in [0.5, 0.6) is 5.75 Å². The summed E-state index contributed by atoms with van der Waals surface area (Å²) in [5, 5.41) is 0. The van der Waals surface area contributed by atoms with Gasteiger partial charge in [-0.2, -0.15) is 0 Å². The number of hydrogen-bond donors (Lipinski definition) is 1. The van der Waals surface area contributed by atoms with Gasteiger partial charge in [0.1, 0.15) is 11.4 Å². The van der Waals surface area contributed by atoms with Gasteiger partial charge in [-0.05, 0) is 48.2 Å². The summed E-state index contributed by atoms with van der Waals surface area (Å²) in [6.45, 7) is 4.82. The Balaban J connectivity index is 2.03. The molecule has 1 heterocycles. The van der Waals surface area contributed by atoms with E-state index in [1.54, 1.807) is 0 Å². The summed E-state index contributed by atoms with van der Waals surface area (Å²) in [6.07, 6.45) is 0.952. The molecule has 3 rings (SSSR count). The molecular formula is C17H18BrNO. The number of benzene rings is 2. The van der Waals surface area contributed by atoms with E-state index in [2.05, 4.69) is 66.2 Å². The van der Waals surface area contributed by atoms with Crippen LogP contribution in [0.1, 0.15) is 25.0 Å². The SMILES string of the molecule is CC1(C)Cc2cc(Br)c(-c3ccc(CN)cc3)cc2O1. The molecule has 0 fully saturated rings. The number of halogens is 1. The lowest BCUT2D eigenvalue weighted by Crippen LogP contribution is -2.24. The van der Waals surface area contributed by atoms with Crippen LogP contribution in [0.25, 0.3) is 11.1 Å². The number of hydrogen-bond acceptors (Lipinski definition) is 2. The fraction of sp³-hybridized carbons (Fsp3) is 0.294. The largest absolute Gasteiger partial charge is 0.487 e. The zero-order valence-corrected chi connectivity index (χ0v) is 13.3. The number of nitrogens with two attached hydrogens (primary N) is 1. The van der Waals surface area contributed by atoms with Gasteiger partial charge in [0.25, 0.3) is 0 Å². The molecule has 0 unspecified atom stereocenters. The van der Waals surface area contributed by atoms with Gasteiger partial charge in [0.15, 0.2) is 0 Å². The van der Waals surface area contributed by atoms with Crippen molar-refractivity contribution in [1.82, 2.24) is 0 Å². The normalized spacial score (nSPS) is 15.8. The van der Waals surface area contributed by atoms with E-state index in [0.717, 1.165) is 27.8 Å². The van der Waals surface area contributed by atoms with Gasteiger partial charge in [0.2, 0.25) is 0 Å². The molecule has 3 heteroatoms. The van der Waals surface area contributed by atoms with Gasteiger partial charge >= 0.3 is 0 Å². The molecule has 0 saturated heterocycles. The Hall–Kier alpha value is -1.32. The summed E-state index contributed by atoms with van der Waals surface area (Å²) in [5.74, 6) is 0.996. The second-order valence-electron chi connectivity index (χ2n) is 5.88. The van der Waals surface area contributed by atoms with Crippen LogP contribution in [0.4, 0.5) is 0 Å². The Morgan fingerprint density at radius 3 is 2.55 bits per heavy atom. The highest BCUT2D eigenvalue weighted by Crippen LogP contribution is 2.41. The minimum atomic E-state index is -0.107. The van der Waals surface area contributed by atoms with Crippen molar-refractivity contribution in [2.24, 2.45) is 5.73 Å². The van der Waals surface area contributed by atoms with Crippen LogP contribution in [0.15, 0.2) is 40.9 Å². The predicted octanol–water partition coefficient (Wildman–Crippen LogP) is 4.29. The van der Waals surface area contributed by atoms with Crippen LogP contribution in [0.2, 0.25) is 0 Å². The van der Waals surface area contributed by atoms with E-state index < -0.39 is 0 Å². The average molecular weight is 332 g/mol. The van der Waals surface area contributed by atoms with Crippen LogP contribution < -0.4 is 10.5 Å². The van der Waals surface area contributed by atoms with Crippen molar-refractivity contribution < 1.29 is 4.74 Å². The molecule has 1 aliphatic rings. The fourth-order valence-corrected chi connectivity index (χ4v) is 3.28. The van der Waals surface area contributed by atoms with E-state index >= 15 is 0 Å². The van der Waals surface area contributed by atoms with E-state index in [0.29, 0.717) is 6.54 Å². The van der Waals surface area contributed by atoms with Gasteiger partial charge in [-0.15, -0.1) is 0 Å². The standard InChI is InChI=1S/C17H18BrNO/c1-17(2)9-13-7-15(18)14(8-16(13)20-17)12-5-3-11(10-19)4-6-12/h3-8H,9-10,19H2,1-2H3. The van der Waals surface area contributed by atoms with Crippen molar-refractivity contribution in [3.8, 4) is 16.9 Å². The van der Waals surface area contributed by atoms with Crippen LogP contribution in [0, 0.1) is 0 Å². The first-order valence-corrected chi connectivity index (χ1v) is 7.59. The maximum atomic E-state index is 6.02. The smallest absolute Gasteiger partial charge is 0.124 e. The van der Waals surface area contributed by atoms with Crippen molar-refractivity contribution in [3.63, 3.8) is 0 Å². The fourth-order valence-electron chi connectivity index (χ4n) is 2.66. The highest BCUT2D eigenvalue weighted by atomic mass is 79.9. The molecule has 0 bridgehead atoms. The predicted molar refractivity (Wildman–Crippen MR) is 85.9 cm³/mol. The van der Waals surface area contributed by atoms with Gasteiger partial charge < -0.3 is 10.5 Å². The Kier molecular flexibility index (Phi) is 3.35. The number of fused-ring (bicyclic) bond motifs is 1. The molecule has 1 aliphatic heterocycles. The lowest BCUT2D eigenvalue weighted by atomic mass is 9.98. The molecule has 2 aromatic carbocycles. The van der Waals surface area contributed by atoms with Crippen LogP contribution in [0.3, 0.4) is 0 Å². The minimum Gasteiger partial charge on any atom is -0.487 e. The van der Waals surface area contributed by atoms with Crippen molar-refractivity contribution in [3.05, 3.63) is 52.0 Å². The molecule has 0 saturated carbocycles. The first kappa shape index (κ1) is 13.7. The molecule has 0 aliphatic carbocycles. The second-order valence-corrected chi connectivity index (χ2v) is 6.73. The van der Waals surface area contributed by atoms with Crippen LogP contribution in [-0.2, 0) is 13.0 Å². The molecule has 2 N–H and O–H groups in total. The lowest BCUT2D eigenvalue weighted by Gasteiger charge is -2.17. The third-order valence-corrected chi connectivity index (χ3v) is 4.31. The van der Waals surface area contributed by atoms with E-state index in [9.17, 15) is 0 Å². The third kappa shape index (κ3) is 2.48. The molecular weight excluding hydrogens is 314 g/mol.